The second kappa shape index (κ2) is 7.00. The molecule has 1 amide bonds. The van der Waals surface area contributed by atoms with Gasteiger partial charge in [-0.2, -0.15) is 0 Å². The van der Waals surface area contributed by atoms with Crippen molar-refractivity contribution in [3.05, 3.63) is 95.3 Å². The summed E-state index contributed by atoms with van der Waals surface area (Å²) < 4.78 is 26.1. The minimum atomic E-state index is -1.05. The molecule has 0 atom stereocenters. The van der Waals surface area contributed by atoms with Crippen molar-refractivity contribution in [1.29, 1.82) is 0 Å². The quantitative estimate of drug-likeness (QED) is 0.781. The molecule has 0 aliphatic carbocycles. The van der Waals surface area contributed by atoms with E-state index in [0.29, 0.717) is 5.69 Å². The van der Waals surface area contributed by atoms with Gasteiger partial charge in [-0.1, -0.05) is 12.1 Å². The fourth-order valence-corrected chi connectivity index (χ4v) is 2.28. The lowest BCUT2D eigenvalue weighted by Crippen LogP contribution is -2.12. The molecule has 0 bridgehead atoms. The maximum atomic E-state index is 13.2. The van der Waals surface area contributed by atoms with Crippen molar-refractivity contribution in [3.8, 4) is 0 Å². The fourth-order valence-electron chi connectivity index (χ4n) is 2.28. The highest BCUT2D eigenvalue weighted by molar-refractivity contribution is 6.04. The van der Waals surface area contributed by atoms with Crippen molar-refractivity contribution in [1.82, 2.24) is 4.98 Å². The van der Waals surface area contributed by atoms with Crippen LogP contribution in [0.15, 0.2) is 67.0 Å². The first kappa shape index (κ1) is 15.8. The summed E-state index contributed by atoms with van der Waals surface area (Å²) in [4.78, 5) is 16.0. The van der Waals surface area contributed by atoms with Crippen LogP contribution in [0.1, 0.15) is 21.5 Å². The number of carbonyl (C=O) groups is 1. The van der Waals surface area contributed by atoms with Crippen LogP contribution in [0, 0.1) is 11.6 Å². The number of pyridine rings is 1. The average molecular weight is 324 g/mol. The lowest BCUT2D eigenvalue weighted by molar-refractivity contribution is 0.102. The zero-order valence-corrected chi connectivity index (χ0v) is 12.7. The summed E-state index contributed by atoms with van der Waals surface area (Å²) in [5, 5.41) is 2.66. The molecular formula is C19H14F2N2O. The molecule has 0 unspecified atom stereocenters. The molecule has 1 N–H and O–H groups in total. The highest BCUT2D eigenvalue weighted by Crippen LogP contribution is 2.15. The van der Waals surface area contributed by atoms with E-state index in [0.717, 1.165) is 29.7 Å². The first-order valence-corrected chi connectivity index (χ1v) is 7.36. The molecule has 3 rings (SSSR count). The second-order valence-electron chi connectivity index (χ2n) is 5.31. The number of rotatable bonds is 4. The van der Waals surface area contributed by atoms with Crippen LogP contribution < -0.4 is 5.32 Å². The van der Waals surface area contributed by atoms with E-state index in [9.17, 15) is 13.6 Å². The molecule has 120 valence electrons. The molecule has 0 saturated heterocycles. The molecule has 3 nitrogen and oxygen atoms in total. The Morgan fingerprint density at radius 1 is 0.875 bits per heavy atom. The molecule has 0 saturated carbocycles. The molecule has 0 spiro atoms. The largest absolute Gasteiger partial charge is 0.322 e. The molecule has 1 heterocycles. The van der Waals surface area contributed by atoms with Crippen LogP contribution in [-0.4, -0.2) is 10.9 Å². The summed E-state index contributed by atoms with van der Waals surface area (Å²) >= 11 is 0. The van der Waals surface area contributed by atoms with Crippen molar-refractivity contribution in [2.75, 3.05) is 5.32 Å². The lowest BCUT2D eigenvalue weighted by atomic mass is 10.1. The van der Waals surface area contributed by atoms with Crippen molar-refractivity contribution >= 4 is 11.6 Å². The Bertz CT molecular complexity index is 849. The summed E-state index contributed by atoms with van der Waals surface area (Å²) in [5.41, 5.74) is 2.88. The molecular weight excluding hydrogens is 310 g/mol. The molecule has 3 aromatic rings. The fraction of sp³-hybridized carbons (Fsp3) is 0.0526. The smallest absolute Gasteiger partial charge is 0.255 e. The molecule has 0 radical (unpaired) electrons. The number of aromatic nitrogens is 1. The first-order chi connectivity index (χ1) is 11.6. The predicted octanol–water partition coefficient (Wildman–Crippen LogP) is 4.20. The number of anilines is 1. The van der Waals surface area contributed by atoms with Gasteiger partial charge in [-0.15, -0.1) is 0 Å². The number of nitrogens with one attached hydrogen (secondary N) is 1. The monoisotopic (exact) mass is 324 g/mol. The van der Waals surface area contributed by atoms with Crippen LogP contribution in [0.2, 0.25) is 0 Å². The van der Waals surface area contributed by atoms with E-state index in [1.165, 1.54) is 6.07 Å². The van der Waals surface area contributed by atoms with Gasteiger partial charge in [0.25, 0.3) is 5.91 Å². The highest BCUT2D eigenvalue weighted by atomic mass is 19.2. The van der Waals surface area contributed by atoms with Gasteiger partial charge in [0.15, 0.2) is 11.6 Å². The minimum absolute atomic E-state index is 0.0646. The van der Waals surface area contributed by atoms with Crippen LogP contribution in [0.3, 0.4) is 0 Å². The number of amides is 1. The Balaban J connectivity index is 1.67. The predicted molar refractivity (Wildman–Crippen MR) is 87.8 cm³/mol. The van der Waals surface area contributed by atoms with E-state index in [1.807, 2.05) is 24.3 Å². The van der Waals surface area contributed by atoms with Crippen LogP contribution in [-0.2, 0) is 6.42 Å². The maximum absolute atomic E-state index is 13.2. The van der Waals surface area contributed by atoms with E-state index < -0.39 is 17.5 Å². The number of nitrogens with zero attached hydrogens (tertiary/aromatic N) is 1. The number of hydrogen-bond acceptors (Lipinski definition) is 2. The number of carbonyl (C=O) groups excluding carboxylic acids is 1. The van der Waals surface area contributed by atoms with Crippen LogP contribution in [0.4, 0.5) is 14.5 Å². The molecule has 0 aliphatic rings. The lowest BCUT2D eigenvalue weighted by Gasteiger charge is -2.07. The van der Waals surface area contributed by atoms with Gasteiger partial charge < -0.3 is 5.32 Å². The molecule has 2 aromatic carbocycles. The van der Waals surface area contributed by atoms with E-state index >= 15 is 0 Å². The van der Waals surface area contributed by atoms with Gasteiger partial charge in [-0.05, 0) is 60.0 Å². The normalized spacial score (nSPS) is 10.4. The summed E-state index contributed by atoms with van der Waals surface area (Å²) in [5.74, 6) is -2.52. The summed E-state index contributed by atoms with van der Waals surface area (Å²) in [6, 6.07) is 14.3. The third-order valence-corrected chi connectivity index (χ3v) is 3.55. The maximum Gasteiger partial charge on any atom is 0.255 e. The Kier molecular flexibility index (Phi) is 4.61. The Labute approximate surface area is 138 Å². The minimum Gasteiger partial charge on any atom is -0.322 e. The van der Waals surface area contributed by atoms with Crippen molar-refractivity contribution in [3.63, 3.8) is 0 Å². The topological polar surface area (TPSA) is 42.0 Å². The average Bonchev–Trinajstić information content (AvgIpc) is 2.60. The second-order valence-corrected chi connectivity index (χ2v) is 5.31. The molecule has 1 aromatic heterocycles. The van der Waals surface area contributed by atoms with Crippen molar-refractivity contribution in [2.45, 2.75) is 6.42 Å². The third kappa shape index (κ3) is 3.81. The summed E-state index contributed by atoms with van der Waals surface area (Å²) in [7, 11) is 0. The Morgan fingerprint density at radius 2 is 1.54 bits per heavy atom. The number of halogens is 2. The van der Waals surface area contributed by atoms with Crippen molar-refractivity contribution < 1.29 is 13.6 Å². The molecule has 24 heavy (non-hydrogen) atoms. The van der Waals surface area contributed by atoms with E-state index in [1.54, 1.807) is 24.5 Å². The standard InChI is InChI=1S/C19H14F2N2O/c20-17-6-3-15(12-18(17)21)19(24)23-16-4-1-13(2-5-16)11-14-7-9-22-10-8-14/h1-10,12H,11H2,(H,23,24). The van der Waals surface area contributed by atoms with Gasteiger partial charge in [-0.3, -0.25) is 9.78 Å². The van der Waals surface area contributed by atoms with E-state index in [4.69, 9.17) is 0 Å². The van der Waals surface area contributed by atoms with Crippen molar-refractivity contribution in [2.24, 2.45) is 0 Å². The zero-order chi connectivity index (χ0) is 16.9. The van der Waals surface area contributed by atoms with E-state index in [-0.39, 0.29) is 5.56 Å². The number of benzene rings is 2. The van der Waals surface area contributed by atoms with Crippen LogP contribution >= 0.6 is 0 Å². The first-order valence-electron chi connectivity index (χ1n) is 7.36. The van der Waals surface area contributed by atoms with Crippen LogP contribution in [0.25, 0.3) is 0 Å². The summed E-state index contributed by atoms with van der Waals surface area (Å²) in [6.07, 6.45) is 4.25. The van der Waals surface area contributed by atoms with Gasteiger partial charge in [0, 0.05) is 23.6 Å². The Hall–Kier alpha value is -3.08. The van der Waals surface area contributed by atoms with Gasteiger partial charge in [-0.25, -0.2) is 8.78 Å². The summed E-state index contributed by atoms with van der Waals surface area (Å²) in [6.45, 7) is 0. The number of hydrogen-bond donors (Lipinski definition) is 1. The molecule has 5 heteroatoms. The third-order valence-electron chi connectivity index (χ3n) is 3.55. The SMILES string of the molecule is O=C(Nc1ccc(Cc2ccncc2)cc1)c1ccc(F)c(F)c1. The van der Waals surface area contributed by atoms with Gasteiger partial charge >= 0.3 is 0 Å². The zero-order valence-electron chi connectivity index (χ0n) is 12.7. The molecule has 0 fully saturated rings. The highest BCUT2D eigenvalue weighted by Gasteiger charge is 2.10. The van der Waals surface area contributed by atoms with Gasteiger partial charge in [0.05, 0.1) is 0 Å². The van der Waals surface area contributed by atoms with Crippen LogP contribution in [0.5, 0.6) is 0 Å². The van der Waals surface area contributed by atoms with E-state index in [2.05, 4.69) is 10.3 Å². The molecule has 0 aliphatic heterocycles. The van der Waals surface area contributed by atoms with Gasteiger partial charge in [0.2, 0.25) is 0 Å². The Morgan fingerprint density at radius 3 is 2.21 bits per heavy atom. The van der Waals surface area contributed by atoms with Gasteiger partial charge in [0.1, 0.15) is 0 Å².